The summed E-state index contributed by atoms with van der Waals surface area (Å²) in [5.74, 6) is 0. The van der Waals surface area contributed by atoms with Crippen LogP contribution >= 0.6 is 12.2 Å². The molecule has 0 amide bonds. The first kappa shape index (κ1) is 10.9. The molecule has 1 N–H and O–H groups in total. The molecule has 2 aromatic heterocycles. The van der Waals surface area contributed by atoms with Crippen LogP contribution in [0.15, 0.2) is 42.6 Å². The van der Waals surface area contributed by atoms with E-state index in [1.54, 1.807) is 0 Å². The Hall–Kier alpha value is -1.94. The molecule has 0 atom stereocenters. The van der Waals surface area contributed by atoms with Crippen LogP contribution in [0.1, 0.15) is 17.2 Å². The number of hydrogen-bond donors (Lipinski definition) is 1. The molecule has 0 saturated carbocycles. The van der Waals surface area contributed by atoms with Crippen molar-refractivity contribution in [3.8, 4) is 0 Å². The lowest BCUT2D eigenvalue weighted by molar-refractivity contribution is 0.534. The summed E-state index contributed by atoms with van der Waals surface area (Å²) >= 11 is 5.47. The van der Waals surface area contributed by atoms with Crippen molar-refractivity contribution < 1.29 is 0 Å². The molecule has 2 heterocycles. The van der Waals surface area contributed by atoms with Gasteiger partial charge in [-0.2, -0.15) is 0 Å². The summed E-state index contributed by atoms with van der Waals surface area (Å²) in [6.07, 6.45) is 3.89. The predicted molar refractivity (Wildman–Crippen MR) is 77.8 cm³/mol. The maximum atomic E-state index is 5.47. The van der Waals surface area contributed by atoms with Gasteiger partial charge in [-0.3, -0.25) is 4.57 Å². The van der Waals surface area contributed by atoms with Crippen LogP contribution < -0.4 is 0 Å². The van der Waals surface area contributed by atoms with Crippen LogP contribution in [0, 0.1) is 4.77 Å². The molecule has 94 valence electrons. The predicted octanol–water partition coefficient (Wildman–Crippen LogP) is 3.43. The molecule has 1 aliphatic rings. The maximum Gasteiger partial charge on any atom is 0.179 e. The Morgan fingerprint density at radius 3 is 2.58 bits per heavy atom. The monoisotopic (exact) mass is 267 g/mol. The van der Waals surface area contributed by atoms with Gasteiger partial charge in [0, 0.05) is 12.2 Å². The fourth-order valence-corrected chi connectivity index (χ4v) is 3.36. The normalized spacial score (nSPS) is 14.9. The summed E-state index contributed by atoms with van der Waals surface area (Å²) in [6, 6.07) is 13.0. The lowest BCUT2D eigenvalue weighted by atomic mass is 10.1. The van der Waals surface area contributed by atoms with Crippen molar-refractivity contribution in [1.29, 1.82) is 0 Å². The highest BCUT2D eigenvalue weighted by Gasteiger charge is 2.24. The summed E-state index contributed by atoms with van der Waals surface area (Å²) in [4.78, 5) is 7.72. The minimum Gasteiger partial charge on any atom is -0.329 e. The third kappa shape index (κ3) is 1.64. The van der Waals surface area contributed by atoms with Crippen molar-refractivity contribution in [2.45, 2.75) is 18.9 Å². The van der Waals surface area contributed by atoms with E-state index in [-0.39, 0.29) is 0 Å². The Bertz CT molecular complexity index is 790. The largest absolute Gasteiger partial charge is 0.329 e. The molecule has 0 unspecified atom stereocenters. The second-order valence-corrected chi connectivity index (χ2v) is 5.39. The zero-order valence-corrected chi connectivity index (χ0v) is 11.2. The highest BCUT2D eigenvalue weighted by Crippen LogP contribution is 2.32. The van der Waals surface area contributed by atoms with Gasteiger partial charge in [0.1, 0.15) is 0 Å². The van der Waals surface area contributed by atoms with Crippen LogP contribution in [0.4, 0.5) is 0 Å². The number of H-pyrrole nitrogens is 1. The molecule has 3 nitrogen and oxygen atoms in total. The maximum absolute atomic E-state index is 5.47. The zero-order valence-electron chi connectivity index (χ0n) is 10.3. The van der Waals surface area contributed by atoms with Gasteiger partial charge in [0.2, 0.25) is 0 Å². The summed E-state index contributed by atoms with van der Waals surface area (Å²) < 4.78 is 2.94. The van der Waals surface area contributed by atoms with Gasteiger partial charge in [-0.05, 0) is 48.3 Å². The number of aromatic nitrogens is 3. The molecule has 0 aliphatic heterocycles. The summed E-state index contributed by atoms with van der Waals surface area (Å²) in [5, 5.41) is 0. The fourth-order valence-electron chi connectivity index (χ4n) is 3.02. The van der Waals surface area contributed by atoms with E-state index in [0.717, 1.165) is 28.8 Å². The third-order valence-electron chi connectivity index (χ3n) is 3.87. The van der Waals surface area contributed by atoms with Gasteiger partial charge in [0.25, 0.3) is 0 Å². The highest BCUT2D eigenvalue weighted by molar-refractivity contribution is 7.71. The summed E-state index contributed by atoms with van der Waals surface area (Å²) in [7, 11) is 0. The Morgan fingerprint density at radius 1 is 1.11 bits per heavy atom. The van der Waals surface area contributed by atoms with Gasteiger partial charge in [0.15, 0.2) is 10.4 Å². The van der Waals surface area contributed by atoms with E-state index in [4.69, 9.17) is 12.2 Å². The molecule has 0 bridgehead atoms. The van der Waals surface area contributed by atoms with E-state index in [0.29, 0.717) is 6.04 Å². The van der Waals surface area contributed by atoms with Gasteiger partial charge in [0.05, 0.1) is 5.52 Å². The number of nitrogens with zero attached hydrogens (tertiary/aromatic N) is 2. The Morgan fingerprint density at radius 2 is 1.84 bits per heavy atom. The van der Waals surface area contributed by atoms with Gasteiger partial charge in [-0.15, -0.1) is 0 Å². The standard InChI is InChI=1S/C15H13N3S/c19-15-17-13-6-3-7-16-14(13)18(15)12-8-10-4-1-2-5-11(10)9-12/h1-7,12H,8-9H2,(H,17,19). The first-order valence-corrected chi connectivity index (χ1v) is 6.86. The van der Waals surface area contributed by atoms with Gasteiger partial charge >= 0.3 is 0 Å². The van der Waals surface area contributed by atoms with Crippen LogP contribution in [0.2, 0.25) is 0 Å². The van der Waals surface area contributed by atoms with E-state index in [1.807, 2.05) is 18.3 Å². The van der Waals surface area contributed by atoms with Crippen molar-refractivity contribution in [3.05, 3.63) is 58.5 Å². The molecular formula is C15H13N3S. The van der Waals surface area contributed by atoms with E-state index in [2.05, 4.69) is 38.8 Å². The van der Waals surface area contributed by atoms with Crippen LogP contribution in [-0.4, -0.2) is 14.5 Å². The molecule has 0 radical (unpaired) electrons. The Labute approximate surface area is 115 Å². The Kier molecular flexibility index (Phi) is 2.32. The van der Waals surface area contributed by atoms with Gasteiger partial charge in [-0.1, -0.05) is 24.3 Å². The van der Waals surface area contributed by atoms with Crippen LogP contribution in [0.25, 0.3) is 11.2 Å². The highest BCUT2D eigenvalue weighted by atomic mass is 32.1. The molecule has 1 aromatic carbocycles. The lowest BCUT2D eigenvalue weighted by Crippen LogP contribution is -2.09. The molecule has 19 heavy (non-hydrogen) atoms. The van der Waals surface area contributed by atoms with Crippen molar-refractivity contribution in [2.75, 3.05) is 0 Å². The summed E-state index contributed by atoms with van der Waals surface area (Å²) in [5.41, 5.74) is 4.84. The molecule has 4 heteroatoms. The minimum absolute atomic E-state index is 0.383. The van der Waals surface area contributed by atoms with Crippen molar-refractivity contribution >= 4 is 23.4 Å². The van der Waals surface area contributed by atoms with E-state index in [9.17, 15) is 0 Å². The number of nitrogens with one attached hydrogen (secondary N) is 1. The molecular weight excluding hydrogens is 254 g/mol. The van der Waals surface area contributed by atoms with Gasteiger partial charge in [-0.25, -0.2) is 4.98 Å². The van der Waals surface area contributed by atoms with E-state index < -0.39 is 0 Å². The number of fused-ring (bicyclic) bond motifs is 2. The summed E-state index contributed by atoms with van der Waals surface area (Å²) in [6.45, 7) is 0. The average molecular weight is 267 g/mol. The number of aromatic amines is 1. The second kappa shape index (κ2) is 4.03. The number of benzene rings is 1. The smallest absolute Gasteiger partial charge is 0.179 e. The van der Waals surface area contributed by atoms with Crippen LogP contribution in [0.5, 0.6) is 0 Å². The van der Waals surface area contributed by atoms with E-state index >= 15 is 0 Å². The number of rotatable bonds is 1. The fraction of sp³-hybridized carbons (Fsp3) is 0.200. The third-order valence-corrected chi connectivity index (χ3v) is 4.17. The SMILES string of the molecule is S=c1[nH]c2cccnc2n1C1Cc2ccccc2C1. The molecule has 1 aliphatic carbocycles. The lowest BCUT2D eigenvalue weighted by Gasteiger charge is -2.11. The van der Waals surface area contributed by atoms with Crippen molar-refractivity contribution in [1.82, 2.24) is 14.5 Å². The molecule has 0 saturated heterocycles. The number of hydrogen-bond acceptors (Lipinski definition) is 2. The molecule has 0 spiro atoms. The Balaban J connectivity index is 1.85. The topological polar surface area (TPSA) is 33.6 Å². The average Bonchev–Trinajstić information content (AvgIpc) is 2.97. The van der Waals surface area contributed by atoms with Crippen LogP contribution in [0.3, 0.4) is 0 Å². The van der Waals surface area contributed by atoms with Crippen LogP contribution in [-0.2, 0) is 12.8 Å². The first-order valence-electron chi connectivity index (χ1n) is 6.45. The number of pyridine rings is 1. The quantitative estimate of drug-likeness (QED) is 0.685. The molecule has 3 aromatic rings. The number of imidazole rings is 1. The first-order chi connectivity index (χ1) is 9.33. The van der Waals surface area contributed by atoms with Crippen molar-refractivity contribution in [3.63, 3.8) is 0 Å². The molecule has 0 fully saturated rings. The molecule has 4 rings (SSSR count). The van der Waals surface area contributed by atoms with Crippen molar-refractivity contribution in [2.24, 2.45) is 0 Å². The minimum atomic E-state index is 0.383. The van der Waals surface area contributed by atoms with E-state index in [1.165, 1.54) is 11.1 Å². The zero-order chi connectivity index (χ0) is 12.8. The second-order valence-electron chi connectivity index (χ2n) is 5.01. The van der Waals surface area contributed by atoms with Gasteiger partial charge < -0.3 is 4.98 Å².